The first-order valence-corrected chi connectivity index (χ1v) is 10.6. The van der Waals surface area contributed by atoms with Gasteiger partial charge in [-0.1, -0.05) is 12.1 Å². The maximum atomic E-state index is 13.2. The van der Waals surface area contributed by atoms with Crippen LogP contribution in [0.15, 0.2) is 29.8 Å². The number of methoxy groups -OCH3 is 1. The molecule has 3 aliphatic heterocycles. The van der Waals surface area contributed by atoms with Crippen molar-refractivity contribution in [1.82, 2.24) is 15.1 Å². The van der Waals surface area contributed by atoms with Crippen molar-refractivity contribution in [1.29, 1.82) is 0 Å². The largest absolute Gasteiger partial charge is 0.497 e. The van der Waals surface area contributed by atoms with Gasteiger partial charge in [0.2, 0.25) is 5.91 Å². The van der Waals surface area contributed by atoms with Gasteiger partial charge in [-0.25, -0.2) is 0 Å². The summed E-state index contributed by atoms with van der Waals surface area (Å²) in [6, 6.07) is 5.65. The predicted molar refractivity (Wildman–Crippen MR) is 114 cm³/mol. The zero-order valence-electron chi connectivity index (χ0n) is 18.1. The average Bonchev–Trinajstić information content (AvgIpc) is 3.02. The second-order valence-corrected chi connectivity index (χ2v) is 8.79. The van der Waals surface area contributed by atoms with Crippen LogP contribution in [-0.2, 0) is 16.0 Å². The van der Waals surface area contributed by atoms with Crippen molar-refractivity contribution in [3.63, 3.8) is 0 Å². The van der Waals surface area contributed by atoms with Crippen LogP contribution in [0.1, 0.15) is 28.8 Å². The Hall–Kier alpha value is -2.38. The minimum atomic E-state index is -0.583. The van der Waals surface area contributed by atoms with E-state index in [-0.39, 0.29) is 17.7 Å². The van der Waals surface area contributed by atoms with Crippen LogP contribution >= 0.6 is 0 Å². The number of hydrogen-bond donors (Lipinski definition) is 1. The van der Waals surface area contributed by atoms with E-state index in [4.69, 9.17) is 9.47 Å². The lowest BCUT2D eigenvalue weighted by molar-refractivity contribution is -0.134. The number of fused-ring (bicyclic) bond motifs is 1. The number of amides is 2. The second-order valence-electron chi connectivity index (χ2n) is 8.79. The number of carbonyl (C=O) groups is 2. The zero-order valence-corrected chi connectivity index (χ0v) is 18.1. The van der Waals surface area contributed by atoms with Crippen LogP contribution in [0.2, 0.25) is 0 Å². The molecule has 3 aliphatic rings. The van der Waals surface area contributed by atoms with E-state index in [1.54, 1.807) is 32.2 Å². The summed E-state index contributed by atoms with van der Waals surface area (Å²) < 4.78 is 10.9. The average molecular weight is 414 g/mol. The lowest BCUT2D eigenvalue weighted by Crippen LogP contribution is -2.57. The molecule has 1 fully saturated rings. The lowest BCUT2D eigenvalue weighted by atomic mass is 9.81. The van der Waals surface area contributed by atoms with Crippen molar-refractivity contribution in [3.8, 4) is 5.75 Å². The van der Waals surface area contributed by atoms with Crippen molar-refractivity contribution in [2.24, 2.45) is 5.92 Å². The van der Waals surface area contributed by atoms with Gasteiger partial charge in [-0.15, -0.1) is 0 Å². The van der Waals surface area contributed by atoms with Crippen LogP contribution in [0.5, 0.6) is 5.75 Å². The van der Waals surface area contributed by atoms with Gasteiger partial charge in [0, 0.05) is 39.3 Å². The molecular formula is C23H31N3O4. The summed E-state index contributed by atoms with van der Waals surface area (Å²) >= 11 is 0. The maximum absolute atomic E-state index is 13.2. The summed E-state index contributed by atoms with van der Waals surface area (Å²) in [6.45, 7) is 3.48. The molecule has 1 aromatic carbocycles. The van der Waals surface area contributed by atoms with Crippen molar-refractivity contribution < 1.29 is 19.1 Å². The molecule has 30 heavy (non-hydrogen) atoms. The summed E-state index contributed by atoms with van der Waals surface area (Å²) in [7, 11) is 5.17. The van der Waals surface area contributed by atoms with Crippen LogP contribution in [0, 0.1) is 5.92 Å². The molecule has 2 atom stereocenters. The molecule has 0 aliphatic carbocycles. The van der Waals surface area contributed by atoms with E-state index in [1.165, 1.54) is 5.57 Å². The van der Waals surface area contributed by atoms with Crippen LogP contribution in [0.4, 0.5) is 0 Å². The third-order valence-electron chi connectivity index (χ3n) is 6.53. The number of hydrogen-bond acceptors (Lipinski definition) is 5. The van der Waals surface area contributed by atoms with Crippen LogP contribution < -0.4 is 10.1 Å². The highest BCUT2D eigenvalue weighted by molar-refractivity contribution is 5.97. The van der Waals surface area contributed by atoms with Gasteiger partial charge in [0.25, 0.3) is 5.91 Å². The lowest BCUT2D eigenvalue weighted by Gasteiger charge is -2.35. The first kappa shape index (κ1) is 20.9. The summed E-state index contributed by atoms with van der Waals surface area (Å²) in [6.07, 6.45) is 4.65. The predicted octanol–water partition coefficient (Wildman–Crippen LogP) is 1.48. The van der Waals surface area contributed by atoms with Crippen LogP contribution in [0.3, 0.4) is 0 Å². The van der Waals surface area contributed by atoms with Gasteiger partial charge in [-0.2, -0.15) is 0 Å². The molecule has 2 amide bonds. The van der Waals surface area contributed by atoms with Crippen LogP contribution in [0.25, 0.3) is 0 Å². The van der Waals surface area contributed by atoms with Gasteiger partial charge in [0.1, 0.15) is 5.75 Å². The molecule has 0 aromatic heterocycles. The molecule has 0 radical (unpaired) electrons. The highest BCUT2D eigenvalue weighted by Crippen LogP contribution is 2.37. The number of likely N-dealkylation sites (tertiary alicyclic amines) is 1. The third-order valence-corrected chi connectivity index (χ3v) is 6.53. The molecular weight excluding hydrogens is 382 g/mol. The Morgan fingerprint density at radius 1 is 1.40 bits per heavy atom. The molecule has 7 heteroatoms. The van der Waals surface area contributed by atoms with Crippen molar-refractivity contribution in [3.05, 3.63) is 41.0 Å². The number of ether oxygens (including phenoxy) is 2. The molecule has 0 saturated carbocycles. The Morgan fingerprint density at radius 2 is 2.23 bits per heavy atom. The molecule has 1 aromatic rings. The quantitative estimate of drug-likeness (QED) is 0.757. The second kappa shape index (κ2) is 8.40. The number of nitrogens with zero attached hydrogens (tertiary/aromatic N) is 2. The van der Waals surface area contributed by atoms with Gasteiger partial charge in [-0.05, 0) is 42.5 Å². The van der Waals surface area contributed by atoms with Crippen molar-refractivity contribution in [2.45, 2.75) is 24.8 Å². The summed E-state index contributed by atoms with van der Waals surface area (Å²) in [5.41, 5.74) is 2.32. The Balaban J connectivity index is 1.62. The first-order chi connectivity index (χ1) is 14.4. The number of rotatable bonds is 4. The molecule has 0 unspecified atom stereocenters. The minimum Gasteiger partial charge on any atom is -0.497 e. The number of nitrogens with one attached hydrogen (secondary N) is 1. The normalized spacial score (nSPS) is 26.6. The van der Waals surface area contributed by atoms with E-state index < -0.39 is 5.54 Å². The molecule has 1 saturated heterocycles. The summed E-state index contributed by atoms with van der Waals surface area (Å²) in [4.78, 5) is 30.3. The molecule has 4 rings (SSSR count). The molecule has 0 bridgehead atoms. The fraction of sp³-hybridized carbons (Fsp3) is 0.565. The SMILES string of the molecule is COc1ccc2c(c1)C(=O)N[C@@]1(CC2)CN(CC2=CCCOC2)C[C@@H]1C(=O)N(C)C. The molecule has 162 valence electrons. The maximum Gasteiger partial charge on any atom is 0.252 e. The van der Waals surface area contributed by atoms with E-state index in [2.05, 4.69) is 16.3 Å². The number of aryl methyl sites for hydroxylation is 1. The van der Waals surface area contributed by atoms with Crippen LogP contribution in [-0.4, -0.2) is 81.2 Å². The topological polar surface area (TPSA) is 71.1 Å². The van der Waals surface area contributed by atoms with E-state index in [0.29, 0.717) is 31.0 Å². The van der Waals surface area contributed by atoms with Gasteiger partial charge in [0.05, 0.1) is 31.8 Å². The smallest absolute Gasteiger partial charge is 0.252 e. The van der Waals surface area contributed by atoms with E-state index in [1.807, 2.05) is 12.1 Å². The highest BCUT2D eigenvalue weighted by Gasteiger charge is 2.52. The fourth-order valence-electron chi connectivity index (χ4n) is 4.96. The third kappa shape index (κ3) is 3.96. The first-order valence-electron chi connectivity index (χ1n) is 10.6. The van der Waals surface area contributed by atoms with Crippen molar-refractivity contribution >= 4 is 11.8 Å². The zero-order chi connectivity index (χ0) is 21.3. The Labute approximate surface area is 178 Å². The van der Waals surface area contributed by atoms with Gasteiger partial charge in [-0.3, -0.25) is 14.5 Å². The number of benzene rings is 1. The summed E-state index contributed by atoms with van der Waals surface area (Å²) in [5.74, 6) is 0.325. The monoisotopic (exact) mass is 413 g/mol. The minimum absolute atomic E-state index is 0.0650. The Morgan fingerprint density at radius 3 is 2.93 bits per heavy atom. The van der Waals surface area contributed by atoms with Gasteiger partial charge in [0.15, 0.2) is 0 Å². The van der Waals surface area contributed by atoms with Gasteiger partial charge < -0.3 is 19.7 Å². The Kier molecular flexibility index (Phi) is 5.84. The van der Waals surface area contributed by atoms with Gasteiger partial charge >= 0.3 is 0 Å². The molecule has 3 heterocycles. The van der Waals surface area contributed by atoms with E-state index >= 15 is 0 Å². The summed E-state index contributed by atoms with van der Waals surface area (Å²) in [5, 5.41) is 3.28. The fourth-order valence-corrected chi connectivity index (χ4v) is 4.96. The molecule has 1 N–H and O–H groups in total. The highest BCUT2D eigenvalue weighted by atomic mass is 16.5. The number of carbonyl (C=O) groups excluding carboxylic acids is 2. The molecule has 7 nitrogen and oxygen atoms in total. The standard InChI is InChI=1S/C23H31N3O4/c1-25(2)22(28)20-13-26(12-16-5-4-10-30-14-16)15-23(20)9-8-17-6-7-18(29-3)11-19(17)21(27)24-23/h5-7,11,20H,4,8-10,12-15H2,1-3H3,(H,24,27)/t20-,23+/m1/s1. The van der Waals surface area contributed by atoms with E-state index in [9.17, 15) is 9.59 Å². The molecule has 1 spiro atoms. The van der Waals surface area contributed by atoms with E-state index in [0.717, 1.165) is 38.0 Å². The Bertz CT molecular complexity index is 866. The van der Waals surface area contributed by atoms with Crippen molar-refractivity contribution in [2.75, 3.05) is 54.1 Å².